The van der Waals surface area contributed by atoms with Crippen LogP contribution in [0, 0.1) is 5.82 Å². The molecule has 2 aromatic carbocycles. The number of carbonyl (C=O) groups excluding carboxylic acids is 1. The molecular weight excluding hydrogens is 261 g/mol. The molecule has 5 heteroatoms. The number of halogens is 1. The Morgan fingerprint density at radius 3 is 2.55 bits per heavy atom. The van der Waals surface area contributed by atoms with Crippen LogP contribution in [0.15, 0.2) is 36.4 Å². The monoisotopic (exact) mass is 275 g/mol. The number of methoxy groups -OCH3 is 2. The fourth-order valence-electron chi connectivity index (χ4n) is 1.92. The van der Waals surface area contributed by atoms with Crippen LogP contribution in [0.3, 0.4) is 0 Å². The molecule has 0 aliphatic rings. The summed E-state index contributed by atoms with van der Waals surface area (Å²) in [5.74, 6) is -0.427. The molecule has 20 heavy (non-hydrogen) atoms. The van der Waals surface area contributed by atoms with Crippen molar-refractivity contribution in [1.82, 2.24) is 0 Å². The van der Waals surface area contributed by atoms with Crippen LogP contribution in [0.25, 0.3) is 11.1 Å². The van der Waals surface area contributed by atoms with Gasteiger partial charge >= 0.3 is 5.97 Å². The molecule has 0 bridgehead atoms. The van der Waals surface area contributed by atoms with Crippen LogP contribution < -0.4 is 10.5 Å². The van der Waals surface area contributed by atoms with Crippen LogP contribution in [-0.2, 0) is 4.74 Å². The maximum absolute atomic E-state index is 13.4. The van der Waals surface area contributed by atoms with Gasteiger partial charge < -0.3 is 15.2 Å². The molecule has 2 N–H and O–H groups in total. The summed E-state index contributed by atoms with van der Waals surface area (Å²) in [4.78, 5) is 11.6. The van der Waals surface area contributed by atoms with E-state index >= 15 is 0 Å². The minimum absolute atomic E-state index is 0.233. The number of rotatable bonds is 3. The standard InChI is InChI=1S/C15H14FNO3/c1-19-14-6-4-10(16)8-11(14)9-3-5-13(17)12(7-9)15(18)20-2/h3-8H,17H2,1-2H3. The molecule has 0 saturated heterocycles. The minimum Gasteiger partial charge on any atom is -0.496 e. The third-order valence-corrected chi connectivity index (χ3v) is 2.93. The predicted molar refractivity (Wildman–Crippen MR) is 74.1 cm³/mol. The summed E-state index contributed by atoms with van der Waals surface area (Å²) in [6.45, 7) is 0. The lowest BCUT2D eigenvalue weighted by atomic mass is 10.0. The normalized spacial score (nSPS) is 10.2. The van der Waals surface area contributed by atoms with Crippen LogP contribution in [0.2, 0.25) is 0 Å². The molecule has 0 unspecified atom stereocenters. The molecule has 0 spiro atoms. The van der Waals surface area contributed by atoms with E-state index in [0.29, 0.717) is 22.6 Å². The Morgan fingerprint density at radius 1 is 1.15 bits per heavy atom. The third kappa shape index (κ3) is 2.56. The second kappa shape index (κ2) is 5.61. The van der Waals surface area contributed by atoms with Gasteiger partial charge in [0.2, 0.25) is 0 Å². The van der Waals surface area contributed by atoms with Gasteiger partial charge in [-0.3, -0.25) is 0 Å². The number of benzene rings is 2. The Balaban J connectivity index is 2.59. The Kier molecular flexibility index (Phi) is 3.89. The van der Waals surface area contributed by atoms with Crippen molar-refractivity contribution in [3.05, 3.63) is 47.8 Å². The second-order valence-corrected chi connectivity index (χ2v) is 4.14. The highest BCUT2D eigenvalue weighted by Crippen LogP contribution is 2.32. The van der Waals surface area contributed by atoms with Crippen molar-refractivity contribution >= 4 is 11.7 Å². The van der Waals surface area contributed by atoms with Crippen LogP contribution in [0.4, 0.5) is 10.1 Å². The van der Waals surface area contributed by atoms with E-state index in [9.17, 15) is 9.18 Å². The first-order valence-electron chi connectivity index (χ1n) is 5.88. The Bertz CT molecular complexity index is 656. The number of nitrogen functional groups attached to an aromatic ring is 1. The van der Waals surface area contributed by atoms with Gasteiger partial charge in [-0.2, -0.15) is 0 Å². The molecule has 0 radical (unpaired) electrons. The van der Waals surface area contributed by atoms with Crippen molar-refractivity contribution in [3.8, 4) is 16.9 Å². The lowest BCUT2D eigenvalue weighted by molar-refractivity contribution is 0.0602. The summed E-state index contributed by atoms with van der Waals surface area (Å²) in [5.41, 5.74) is 7.43. The zero-order valence-corrected chi connectivity index (χ0v) is 11.1. The molecule has 0 atom stereocenters. The summed E-state index contributed by atoms with van der Waals surface area (Å²) in [5, 5.41) is 0. The van der Waals surface area contributed by atoms with Gasteiger partial charge in [-0.05, 0) is 35.9 Å². The van der Waals surface area contributed by atoms with E-state index in [2.05, 4.69) is 4.74 Å². The molecule has 4 nitrogen and oxygen atoms in total. The largest absolute Gasteiger partial charge is 0.496 e. The molecule has 0 heterocycles. The van der Waals surface area contributed by atoms with Gasteiger partial charge in [0.1, 0.15) is 11.6 Å². The number of hydrogen-bond acceptors (Lipinski definition) is 4. The van der Waals surface area contributed by atoms with Gasteiger partial charge in [-0.1, -0.05) is 6.07 Å². The van der Waals surface area contributed by atoms with Gasteiger partial charge in [0.15, 0.2) is 0 Å². The SMILES string of the molecule is COC(=O)c1cc(-c2cc(F)ccc2OC)ccc1N. The number of hydrogen-bond donors (Lipinski definition) is 1. The molecule has 0 aliphatic carbocycles. The average Bonchev–Trinajstić information content (AvgIpc) is 2.47. The molecule has 2 aromatic rings. The van der Waals surface area contributed by atoms with Crippen molar-refractivity contribution in [1.29, 1.82) is 0 Å². The van der Waals surface area contributed by atoms with Crippen LogP contribution >= 0.6 is 0 Å². The molecule has 0 fully saturated rings. The average molecular weight is 275 g/mol. The fourth-order valence-corrected chi connectivity index (χ4v) is 1.92. The zero-order chi connectivity index (χ0) is 14.7. The van der Waals surface area contributed by atoms with Crippen molar-refractivity contribution in [2.24, 2.45) is 0 Å². The Labute approximate surface area is 115 Å². The van der Waals surface area contributed by atoms with E-state index < -0.39 is 11.8 Å². The van der Waals surface area contributed by atoms with E-state index in [4.69, 9.17) is 10.5 Å². The zero-order valence-electron chi connectivity index (χ0n) is 11.1. The highest BCUT2D eigenvalue weighted by atomic mass is 19.1. The molecule has 2 rings (SSSR count). The molecular formula is C15H14FNO3. The van der Waals surface area contributed by atoms with Crippen molar-refractivity contribution < 1.29 is 18.7 Å². The Morgan fingerprint density at radius 2 is 1.90 bits per heavy atom. The third-order valence-electron chi connectivity index (χ3n) is 2.93. The first-order valence-corrected chi connectivity index (χ1v) is 5.88. The van der Waals surface area contributed by atoms with Crippen LogP contribution in [0.1, 0.15) is 10.4 Å². The van der Waals surface area contributed by atoms with E-state index in [0.717, 1.165) is 0 Å². The number of anilines is 1. The van der Waals surface area contributed by atoms with Crippen molar-refractivity contribution in [2.45, 2.75) is 0 Å². The molecule has 0 amide bonds. The summed E-state index contributed by atoms with van der Waals surface area (Å²) in [7, 11) is 2.77. The number of ether oxygens (including phenoxy) is 2. The van der Waals surface area contributed by atoms with Gasteiger partial charge in [0.25, 0.3) is 0 Å². The Hall–Kier alpha value is -2.56. The van der Waals surface area contributed by atoms with Crippen LogP contribution in [0.5, 0.6) is 5.75 Å². The number of carbonyl (C=O) groups is 1. The fraction of sp³-hybridized carbons (Fsp3) is 0.133. The first kappa shape index (κ1) is 13.9. The summed E-state index contributed by atoms with van der Waals surface area (Å²) >= 11 is 0. The number of esters is 1. The second-order valence-electron chi connectivity index (χ2n) is 4.14. The minimum atomic E-state index is -0.542. The quantitative estimate of drug-likeness (QED) is 0.691. The lowest BCUT2D eigenvalue weighted by Gasteiger charge is -2.11. The van der Waals surface area contributed by atoms with Crippen molar-refractivity contribution in [2.75, 3.05) is 20.0 Å². The summed E-state index contributed by atoms with van der Waals surface area (Å²) in [6.07, 6.45) is 0. The predicted octanol–water partition coefficient (Wildman–Crippen LogP) is 2.87. The summed E-state index contributed by atoms with van der Waals surface area (Å²) < 4.78 is 23.3. The van der Waals surface area contributed by atoms with E-state index in [-0.39, 0.29) is 5.56 Å². The highest BCUT2D eigenvalue weighted by molar-refractivity contribution is 5.96. The van der Waals surface area contributed by atoms with Gasteiger partial charge in [-0.25, -0.2) is 9.18 Å². The van der Waals surface area contributed by atoms with Gasteiger partial charge in [0.05, 0.1) is 19.8 Å². The van der Waals surface area contributed by atoms with E-state index in [1.165, 1.54) is 32.4 Å². The maximum atomic E-state index is 13.4. The van der Waals surface area contributed by atoms with E-state index in [1.807, 2.05) is 0 Å². The summed E-state index contributed by atoms with van der Waals surface area (Å²) in [6, 6.07) is 8.99. The highest BCUT2D eigenvalue weighted by Gasteiger charge is 2.14. The first-order chi connectivity index (χ1) is 9.56. The smallest absolute Gasteiger partial charge is 0.339 e. The number of nitrogens with two attached hydrogens (primary N) is 1. The molecule has 0 aromatic heterocycles. The van der Waals surface area contributed by atoms with Crippen molar-refractivity contribution in [3.63, 3.8) is 0 Å². The molecule has 0 aliphatic heterocycles. The molecule has 0 saturated carbocycles. The van der Waals surface area contributed by atoms with Gasteiger partial charge in [-0.15, -0.1) is 0 Å². The maximum Gasteiger partial charge on any atom is 0.339 e. The molecule has 104 valence electrons. The lowest BCUT2D eigenvalue weighted by Crippen LogP contribution is -2.05. The van der Waals surface area contributed by atoms with E-state index in [1.54, 1.807) is 18.2 Å². The van der Waals surface area contributed by atoms with Gasteiger partial charge in [0, 0.05) is 11.3 Å². The van der Waals surface area contributed by atoms with Crippen LogP contribution in [-0.4, -0.2) is 20.2 Å². The topological polar surface area (TPSA) is 61.5 Å².